The lowest BCUT2D eigenvalue weighted by Crippen LogP contribution is -2.31. The third kappa shape index (κ3) is 2.56. The van der Waals surface area contributed by atoms with Gasteiger partial charge in [-0.25, -0.2) is 4.98 Å². The summed E-state index contributed by atoms with van der Waals surface area (Å²) in [6, 6.07) is 9.38. The number of aromatic nitrogens is 1. The standard InChI is InChI=1S/C14H16N2S/c1-2-4-12-8-14(7-11(12)3-1)15-6-5-13-9-17-10-16-13/h1-4,9-10,14-15H,5-8H2. The molecule has 1 aromatic heterocycles. The third-order valence-electron chi connectivity index (χ3n) is 3.35. The van der Waals surface area contributed by atoms with E-state index in [1.165, 1.54) is 29.7 Å². The minimum absolute atomic E-state index is 0.617. The molecule has 0 atom stereocenters. The van der Waals surface area contributed by atoms with E-state index in [0.29, 0.717) is 6.04 Å². The first-order valence-corrected chi connectivity index (χ1v) is 7.03. The van der Waals surface area contributed by atoms with Crippen molar-refractivity contribution in [3.05, 3.63) is 52.0 Å². The summed E-state index contributed by atoms with van der Waals surface area (Å²) in [5.74, 6) is 0. The van der Waals surface area contributed by atoms with Crippen molar-refractivity contribution in [1.82, 2.24) is 10.3 Å². The Labute approximate surface area is 106 Å². The van der Waals surface area contributed by atoms with Crippen LogP contribution in [0.15, 0.2) is 35.2 Å². The first-order valence-electron chi connectivity index (χ1n) is 6.09. The maximum Gasteiger partial charge on any atom is 0.0794 e. The zero-order chi connectivity index (χ0) is 11.5. The van der Waals surface area contributed by atoms with Gasteiger partial charge in [-0.05, 0) is 24.0 Å². The van der Waals surface area contributed by atoms with Gasteiger partial charge in [0, 0.05) is 24.4 Å². The van der Waals surface area contributed by atoms with E-state index in [-0.39, 0.29) is 0 Å². The summed E-state index contributed by atoms with van der Waals surface area (Å²) in [6.45, 7) is 1.03. The summed E-state index contributed by atoms with van der Waals surface area (Å²) in [5, 5.41) is 5.76. The van der Waals surface area contributed by atoms with Crippen LogP contribution in [0.3, 0.4) is 0 Å². The van der Waals surface area contributed by atoms with Crippen molar-refractivity contribution in [2.45, 2.75) is 25.3 Å². The molecular formula is C14H16N2S. The van der Waals surface area contributed by atoms with Gasteiger partial charge in [-0.15, -0.1) is 11.3 Å². The van der Waals surface area contributed by atoms with Crippen molar-refractivity contribution in [1.29, 1.82) is 0 Å². The average molecular weight is 244 g/mol. The molecule has 1 aliphatic rings. The Morgan fingerprint density at radius 1 is 1.24 bits per heavy atom. The summed E-state index contributed by atoms with van der Waals surface area (Å²) in [7, 11) is 0. The molecule has 1 aliphatic carbocycles. The van der Waals surface area contributed by atoms with Crippen molar-refractivity contribution in [2.75, 3.05) is 6.54 Å². The van der Waals surface area contributed by atoms with Crippen LogP contribution in [-0.4, -0.2) is 17.6 Å². The molecule has 0 aliphatic heterocycles. The van der Waals surface area contributed by atoms with Crippen molar-refractivity contribution >= 4 is 11.3 Å². The van der Waals surface area contributed by atoms with Crippen molar-refractivity contribution in [2.24, 2.45) is 0 Å². The van der Waals surface area contributed by atoms with Crippen LogP contribution >= 0.6 is 11.3 Å². The lowest BCUT2D eigenvalue weighted by atomic mass is 10.1. The molecule has 3 rings (SSSR count). The molecule has 0 saturated carbocycles. The SMILES string of the molecule is c1ccc2c(c1)CC(NCCc1cscn1)C2. The van der Waals surface area contributed by atoms with E-state index >= 15 is 0 Å². The summed E-state index contributed by atoms with van der Waals surface area (Å²) in [4.78, 5) is 4.30. The molecule has 88 valence electrons. The van der Waals surface area contributed by atoms with Crippen LogP contribution in [0.2, 0.25) is 0 Å². The molecule has 2 nitrogen and oxygen atoms in total. The number of fused-ring (bicyclic) bond motifs is 1. The number of thiazole rings is 1. The molecule has 0 saturated heterocycles. The van der Waals surface area contributed by atoms with Gasteiger partial charge in [0.1, 0.15) is 0 Å². The van der Waals surface area contributed by atoms with Crippen molar-refractivity contribution in [3.63, 3.8) is 0 Å². The zero-order valence-corrected chi connectivity index (χ0v) is 10.5. The molecule has 0 amide bonds. The van der Waals surface area contributed by atoms with E-state index in [1.54, 1.807) is 11.3 Å². The monoisotopic (exact) mass is 244 g/mol. The van der Waals surface area contributed by atoms with Gasteiger partial charge < -0.3 is 5.32 Å². The fourth-order valence-corrected chi connectivity index (χ4v) is 3.06. The molecule has 1 N–H and O–H groups in total. The maximum absolute atomic E-state index is 4.30. The van der Waals surface area contributed by atoms with Gasteiger partial charge in [-0.3, -0.25) is 0 Å². The van der Waals surface area contributed by atoms with Gasteiger partial charge in [-0.1, -0.05) is 24.3 Å². The van der Waals surface area contributed by atoms with Gasteiger partial charge in [0.25, 0.3) is 0 Å². The topological polar surface area (TPSA) is 24.9 Å². The van der Waals surface area contributed by atoms with E-state index in [0.717, 1.165) is 13.0 Å². The van der Waals surface area contributed by atoms with E-state index in [9.17, 15) is 0 Å². The Balaban J connectivity index is 1.49. The Morgan fingerprint density at radius 3 is 2.65 bits per heavy atom. The van der Waals surface area contributed by atoms with Crippen LogP contribution < -0.4 is 5.32 Å². The highest BCUT2D eigenvalue weighted by molar-refractivity contribution is 7.07. The molecule has 0 unspecified atom stereocenters. The molecule has 3 heteroatoms. The number of hydrogen-bond donors (Lipinski definition) is 1. The van der Waals surface area contributed by atoms with E-state index in [1.807, 2.05) is 5.51 Å². The number of benzene rings is 1. The fraction of sp³-hybridized carbons (Fsp3) is 0.357. The normalized spacial score (nSPS) is 15.1. The molecule has 0 bridgehead atoms. The highest BCUT2D eigenvalue weighted by Crippen LogP contribution is 2.21. The van der Waals surface area contributed by atoms with Gasteiger partial charge >= 0.3 is 0 Å². The summed E-state index contributed by atoms with van der Waals surface area (Å²) < 4.78 is 0. The van der Waals surface area contributed by atoms with E-state index in [4.69, 9.17) is 0 Å². The van der Waals surface area contributed by atoms with Gasteiger partial charge in [-0.2, -0.15) is 0 Å². The largest absolute Gasteiger partial charge is 0.313 e. The third-order valence-corrected chi connectivity index (χ3v) is 3.98. The average Bonchev–Trinajstić information content (AvgIpc) is 2.96. The molecule has 1 heterocycles. The quantitative estimate of drug-likeness (QED) is 0.893. The van der Waals surface area contributed by atoms with Crippen LogP contribution in [-0.2, 0) is 19.3 Å². The number of nitrogens with zero attached hydrogens (tertiary/aromatic N) is 1. The van der Waals surface area contributed by atoms with E-state index < -0.39 is 0 Å². The Morgan fingerprint density at radius 2 is 2.00 bits per heavy atom. The minimum atomic E-state index is 0.617. The Hall–Kier alpha value is -1.19. The molecular weight excluding hydrogens is 228 g/mol. The van der Waals surface area contributed by atoms with Crippen LogP contribution in [0.5, 0.6) is 0 Å². The summed E-state index contributed by atoms with van der Waals surface area (Å²) >= 11 is 1.67. The number of rotatable bonds is 4. The van der Waals surface area contributed by atoms with E-state index in [2.05, 4.69) is 39.9 Å². The molecule has 0 fully saturated rings. The second kappa shape index (κ2) is 4.98. The van der Waals surface area contributed by atoms with Crippen molar-refractivity contribution < 1.29 is 0 Å². The Kier molecular flexibility index (Phi) is 3.20. The molecule has 0 radical (unpaired) electrons. The van der Waals surface area contributed by atoms with Gasteiger partial charge in [0.05, 0.1) is 11.2 Å². The first-order chi connectivity index (χ1) is 8.42. The first kappa shape index (κ1) is 10.9. The maximum atomic E-state index is 4.30. The predicted octanol–water partition coefficient (Wildman–Crippen LogP) is 2.44. The lowest BCUT2D eigenvalue weighted by Gasteiger charge is -2.10. The lowest BCUT2D eigenvalue weighted by molar-refractivity contribution is 0.534. The molecule has 0 spiro atoms. The Bertz CT molecular complexity index is 454. The highest BCUT2D eigenvalue weighted by Gasteiger charge is 2.19. The van der Waals surface area contributed by atoms with Crippen molar-refractivity contribution in [3.8, 4) is 0 Å². The van der Waals surface area contributed by atoms with Crippen LogP contribution in [0.1, 0.15) is 16.8 Å². The van der Waals surface area contributed by atoms with Crippen LogP contribution in [0.25, 0.3) is 0 Å². The second-order valence-corrected chi connectivity index (χ2v) is 5.28. The van der Waals surface area contributed by atoms with Gasteiger partial charge in [0.15, 0.2) is 0 Å². The van der Waals surface area contributed by atoms with Crippen LogP contribution in [0, 0.1) is 0 Å². The molecule has 1 aromatic carbocycles. The highest BCUT2D eigenvalue weighted by atomic mass is 32.1. The molecule has 17 heavy (non-hydrogen) atoms. The zero-order valence-electron chi connectivity index (χ0n) is 9.73. The fourth-order valence-electron chi connectivity index (χ4n) is 2.47. The number of nitrogens with one attached hydrogen (secondary N) is 1. The smallest absolute Gasteiger partial charge is 0.0794 e. The van der Waals surface area contributed by atoms with Gasteiger partial charge in [0.2, 0.25) is 0 Å². The second-order valence-electron chi connectivity index (χ2n) is 4.56. The summed E-state index contributed by atoms with van der Waals surface area (Å²) in [5.41, 5.74) is 6.14. The summed E-state index contributed by atoms with van der Waals surface area (Å²) in [6.07, 6.45) is 3.39. The molecule has 2 aromatic rings. The predicted molar refractivity (Wildman–Crippen MR) is 71.5 cm³/mol. The van der Waals surface area contributed by atoms with Crippen LogP contribution in [0.4, 0.5) is 0 Å². The minimum Gasteiger partial charge on any atom is -0.313 e. The number of hydrogen-bond acceptors (Lipinski definition) is 3.